The number of anilines is 2. The topological polar surface area (TPSA) is 84.9 Å². The lowest BCUT2D eigenvalue weighted by molar-refractivity contribution is -0.116. The predicted molar refractivity (Wildman–Crippen MR) is 111 cm³/mol. The third-order valence-corrected chi connectivity index (χ3v) is 5.73. The number of carbonyl (C=O) groups is 1. The lowest BCUT2D eigenvalue weighted by Crippen LogP contribution is -2.45. The molecule has 0 unspecified atom stereocenters. The number of sulfonamides is 1. The number of carbonyl (C=O) groups excluding carboxylic acids is 1. The monoisotopic (exact) mass is 446 g/mol. The van der Waals surface area contributed by atoms with Crippen molar-refractivity contribution in [3.63, 3.8) is 0 Å². The normalized spacial score (nSPS) is 12.2. The first-order valence-electron chi connectivity index (χ1n) is 8.05. The molecule has 0 saturated carbocycles. The molecule has 1 N–H and O–H groups in total. The van der Waals surface area contributed by atoms with Gasteiger partial charge < -0.3 is 14.8 Å². The molecule has 0 aliphatic carbocycles. The number of nitrogens with zero attached hydrogens (tertiary/aromatic N) is 1. The third-order valence-electron chi connectivity index (χ3n) is 3.90. The van der Waals surface area contributed by atoms with Crippen molar-refractivity contribution in [2.75, 3.05) is 30.1 Å². The van der Waals surface area contributed by atoms with Gasteiger partial charge in [0.05, 0.1) is 36.2 Å². The summed E-state index contributed by atoms with van der Waals surface area (Å²) in [6.45, 7) is 1.47. The van der Waals surface area contributed by atoms with Gasteiger partial charge in [0, 0.05) is 5.69 Å². The molecule has 0 saturated heterocycles. The van der Waals surface area contributed by atoms with E-state index in [9.17, 15) is 13.2 Å². The summed E-state index contributed by atoms with van der Waals surface area (Å²) < 4.78 is 35.9. The summed E-state index contributed by atoms with van der Waals surface area (Å²) >= 11 is 12.2. The fraction of sp³-hybridized carbons (Fsp3) is 0.278. The Morgan fingerprint density at radius 3 is 2.04 bits per heavy atom. The van der Waals surface area contributed by atoms with Crippen LogP contribution in [-0.2, 0) is 14.8 Å². The Balaban J connectivity index is 2.32. The van der Waals surface area contributed by atoms with Crippen LogP contribution in [0.25, 0.3) is 0 Å². The van der Waals surface area contributed by atoms with Crippen LogP contribution in [0.4, 0.5) is 11.4 Å². The molecule has 0 aliphatic heterocycles. The van der Waals surface area contributed by atoms with E-state index in [-0.39, 0.29) is 10.7 Å². The lowest BCUT2D eigenvalue weighted by atomic mass is 10.2. The molecule has 0 spiro atoms. The molecular weight excluding hydrogens is 427 g/mol. The number of benzene rings is 2. The van der Waals surface area contributed by atoms with E-state index >= 15 is 0 Å². The largest absolute Gasteiger partial charge is 0.495 e. The number of hydrogen-bond donors (Lipinski definition) is 1. The third kappa shape index (κ3) is 5.01. The van der Waals surface area contributed by atoms with Crippen LogP contribution in [0, 0.1) is 0 Å². The Bertz CT molecular complexity index is 982. The van der Waals surface area contributed by atoms with Gasteiger partial charge in [-0.1, -0.05) is 23.2 Å². The summed E-state index contributed by atoms with van der Waals surface area (Å²) in [4.78, 5) is 12.7. The molecule has 0 aliphatic rings. The van der Waals surface area contributed by atoms with Crippen molar-refractivity contribution in [2.24, 2.45) is 0 Å². The first-order valence-corrected chi connectivity index (χ1v) is 10.7. The zero-order chi connectivity index (χ0) is 21.1. The molecule has 0 aromatic heterocycles. The first-order chi connectivity index (χ1) is 13.1. The second-order valence-corrected chi connectivity index (χ2v) is 8.57. The highest BCUT2D eigenvalue weighted by Gasteiger charge is 2.29. The fourth-order valence-corrected chi connectivity index (χ4v) is 4.27. The van der Waals surface area contributed by atoms with Crippen LogP contribution in [0.15, 0.2) is 36.4 Å². The van der Waals surface area contributed by atoms with Crippen LogP contribution in [0.1, 0.15) is 6.92 Å². The minimum Gasteiger partial charge on any atom is -0.495 e. The summed E-state index contributed by atoms with van der Waals surface area (Å²) in [6.07, 6.45) is 1.01. The van der Waals surface area contributed by atoms with Gasteiger partial charge in [0.1, 0.15) is 17.5 Å². The lowest BCUT2D eigenvalue weighted by Gasteiger charge is -2.28. The van der Waals surface area contributed by atoms with Crippen molar-refractivity contribution >= 4 is 50.5 Å². The minimum atomic E-state index is -3.78. The maximum atomic E-state index is 12.7. The zero-order valence-electron chi connectivity index (χ0n) is 15.7. The van der Waals surface area contributed by atoms with Gasteiger partial charge in [0.25, 0.3) is 0 Å². The summed E-state index contributed by atoms with van der Waals surface area (Å²) in [5, 5.41) is 3.19. The Morgan fingerprint density at radius 1 is 1.04 bits per heavy atom. The van der Waals surface area contributed by atoms with E-state index < -0.39 is 22.0 Å². The molecule has 7 nitrogen and oxygen atoms in total. The van der Waals surface area contributed by atoms with E-state index in [2.05, 4.69) is 5.32 Å². The Kier molecular flexibility index (Phi) is 7.03. The molecular formula is C18H20Cl2N2O5S. The van der Waals surface area contributed by atoms with Crippen molar-refractivity contribution < 1.29 is 22.7 Å². The van der Waals surface area contributed by atoms with Crippen molar-refractivity contribution in [2.45, 2.75) is 13.0 Å². The van der Waals surface area contributed by atoms with E-state index in [1.807, 2.05) is 0 Å². The summed E-state index contributed by atoms with van der Waals surface area (Å²) in [6, 6.07) is 8.13. The molecule has 152 valence electrons. The van der Waals surface area contributed by atoms with Gasteiger partial charge in [-0.05, 0) is 43.3 Å². The zero-order valence-corrected chi connectivity index (χ0v) is 18.0. The molecule has 2 aromatic rings. The van der Waals surface area contributed by atoms with Crippen LogP contribution >= 0.6 is 23.2 Å². The van der Waals surface area contributed by atoms with Crippen LogP contribution in [0.3, 0.4) is 0 Å². The highest BCUT2D eigenvalue weighted by Crippen LogP contribution is 2.32. The number of methoxy groups -OCH3 is 2. The van der Waals surface area contributed by atoms with Crippen LogP contribution < -0.4 is 19.1 Å². The molecule has 10 heteroatoms. The number of hydrogen-bond acceptors (Lipinski definition) is 5. The number of halogens is 2. The predicted octanol–water partition coefficient (Wildman–Crippen LogP) is 3.80. The van der Waals surface area contributed by atoms with E-state index in [1.165, 1.54) is 45.4 Å². The van der Waals surface area contributed by atoms with E-state index in [0.717, 1.165) is 10.6 Å². The van der Waals surface area contributed by atoms with Crippen molar-refractivity contribution in [1.82, 2.24) is 0 Å². The minimum absolute atomic E-state index is 0.225. The van der Waals surface area contributed by atoms with Crippen molar-refractivity contribution in [3.05, 3.63) is 46.4 Å². The van der Waals surface area contributed by atoms with E-state index in [4.69, 9.17) is 32.7 Å². The Labute approximate surface area is 174 Å². The van der Waals surface area contributed by atoms with Crippen molar-refractivity contribution in [1.29, 1.82) is 0 Å². The SMILES string of the molecule is COc1ccc(NC(=O)[C@@H](C)N(c2ccc(OC)c(Cl)c2)S(C)(=O)=O)cc1Cl. The second kappa shape index (κ2) is 8.89. The standard InChI is InChI=1S/C18H20Cl2N2O5S/c1-11(18(23)21-12-5-7-16(26-2)14(19)9-12)22(28(4,24)25)13-6-8-17(27-3)15(20)10-13/h5-11H,1-4H3,(H,21,23)/t11-/m1/s1. The highest BCUT2D eigenvalue weighted by atomic mass is 35.5. The second-order valence-electron chi connectivity index (χ2n) is 5.89. The summed E-state index contributed by atoms with van der Waals surface area (Å²) in [5.74, 6) is 0.306. The van der Waals surface area contributed by atoms with Gasteiger partial charge in [0.15, 0.2) is 0 Å². The number of ether oxygens (including phenoxy) is 2. The highest BCUT2D eigenvalue weighted by molar-refractivity contribution is 7.92. The molecule has 1 amide bonds. The fourth-order valence-electron chi connectivity index (χ4n) is 2.59. The average molecular weight is 447 g/mol. The van der Waals surface area contributed by atoms with Gasteiger partial charge in [-0.3, -0.25) is 9.10 Å². The van der Waals surface area contributed by atoms with Crippen LogP contribution in [0.5, 0.6) is 11.5 Å². The Hall–Kier alpha value is -2.16. The molecule has 0 bridgehead atoms. The smallest absolute Gasteiger partial charge is 0.247 e. The molecule has 0 radical (unpaired) electrons. The maximum Gasteiger partial charge on any atom is 0.247 e. The molecule has 0 heterocycles. The van der Waals surface area contributed by atoms with Gasteiger partial charge in [-0.15, -0.1) is 0 Å². The van der Waals surface area contributed by atoms with Crippen LogP contribution in [0.2, 0.25) is 10.0 Å². The maximum absolute atomic E-state index is 12.7. The van der Waals surface area contributed by atoms with Crippen molar-refractivity contribution in [3.8, 4) is 11.5 Å². The average Bonchev–Trinajstić information content (AvgIpc) is 2.61. The van der Waals surface area contributed by atoms with Gasteiger partial charge in [-0.25, -0.2) is 8.42 Å². The Morgan fingerprint density at radius 2 is 1.57 bits per heavy atom. The molecule has 1 atom stereocenters. The van der Waals surface area contributed by atoms with E-state index in [0.29, 0.717) is 22.2 Å². The molecule has 2 aromatic carbocycles. The first kappa shape index (κ1) is 22.1. The summed E-state index contributed by atoms with van der Waals surface area (Å²) in [5.41, 5.74) is 0.646. The quantitative estimate of drug-likeness (QED) is 0.698. The van der Waals surface area contributed by atoms with E-state index in [1.54, 1.807) is 12.1 Å². The molecule has 2 rings (SSSR count). The number of amides is 1. The summed E-state index contributed by atoms with van der Waals surface area (Å²) in [7, 11) is -0.855. The van der Waals surface area contributed by atoms with Gasteiger partial charge in [0.2, 0.25) is 15.9 Å². The number of rotatable bonds is 7. The van der Waals surface area contributed by atoms with Gasteiger partial charge >= 0.3 is 0 Å². The number of nitrogens with one attached hydrogen (secondary N) is 1. The molecule has 0 fully saturated rings. The van der Waals surface area contributed by atoms with Gasteiger partial charge in [-0.2, -0.15) is 0 Å². The van der Waals surface area contributed by atoms with Crippen LogP contribution in [-0.4, -0.2) is 40.8 Å². The molecule has 28 heavy (non-hydrogen) atoms.